The van der Waals surface area contributed by atoms with E-state index in [0.717, 1.165) is 56.2 Å². The van der Waals surface area contributed by atoms with Gasteiger partial charge in [-0.1, -0.05) is 13.0 Å². The van der Waals surface area contributed by atoms with E-state index in [4.69, 9.17) is 4.74 Å². The Morgan fingerprint density at radius 1 is 1.12 bits per heavy atom. The Kier molecular flexibility index (Phi) is 7.15. The molecule has 2 aromatic carbocycles. The molecule has 2 fully saturated rings. The molecule has 1 saturated heterocycles. The Bertz CT molecular complexity index is 940. The summed E-state index contributed by atoms with van der Waals surface area (Å²) in [6.07, 6.45) is 2.40. The molecule has 1 heterocycles. The number of amides is 1. The van der Waals surface area contributed by atoms with E-state index in [0.29, 0.717) is 18.0 Å². The number of nitrogens with one attached hydrogen (secondary N) is 2. The lowest BCUT2D eigenvalue weighted by Crippen LogP contribution is -2.46. The average molecular weight is 441 g/mol. The van der Waals surface area contributed by atoms with Crippen molar-refractivity contribution in [2.75, 3.05) is 56.6 Å². The highest BCUT2D eigenvalue weighted by Gasteiger charge is 2.25. The third kappa shape index (κ3) is 5.51. The monoisotopic (exact) mass is 440 g/mol. The molecule has 2 N–H and O–H groups in total. The van der Waals surface area contributed by atoms with Crippen LogP contribution in [0.25, 0.3) is 0 Å². The van der Waals surface area contributed by atoms with Crippen molar-refractivity contribution in [2.45, 2.75) is 26.3 Å². The Balaban J connectivity index is 1.49. The highest BCUT2D eigenvalue weighted by Crippen LogP contribution is 2.29. The summed E-state index contributed by atoms with van der Waals surface area (Å²) in [5.41, 5.74) is 3.33. The number of carbonyl (C=O) groups is 1. The number of hydrogen-bond donors (Lipinski definition) is 2. The second-order valence-electron chi connectivity index (χ2n) is 8.63. The van der Waals surface area contributed by atoms with E-state index in [1.54, 1.807) is 6.07 Å². The van der Waals surface area contributed by atoms with E-state index in [-0.39, 0.29) is 17.5 Å². The maximum Gasteiger partial charge on any atom is 0.253 e. The maximum absolute atomic E-state index is 14.0. The van der Waals surface area contributed by atoms with Crippen molar-refractivity contribution < 1.29 is 13.9 Å². The lowest BCUT2D eigenvalue weighted by molar-refractivity contribution is 0.0952. The number of nitrogens with zero attached hydrogens (tertiary/aromatic N) is 2. The lowest BCUT2D eigenvalue weighted by atomic mass is 10.1. The Labute approximate surface area is 189 Å². The average Bonchev–Trinajstić information content (AvgIpc) is 3.66. The van der Waals surface area contributed by atoms with Gasteiger partial charge in [-0.2, -0.15) is 0 Å². The lowest BCUT2D eigenvalue weighted by Gasteiger charge is -2.36. The standard InChI is InChI=1S/C25H33FN4O2/c1-3-29-10-12-30(13-11-29)23-8-7-20(15-21(23)25(31)28-16-18-4-5-18)27-17-19-6-9-24(32-2)22(26)14-19/h6-9,14-15,18,27H,3-5,10-13,16-17H2,1-2H3,(H,28,31). The summed E-state index contributed by atoms with van der Waals surface area (Å²) in [5, 5.41) is 6.44. The van der Waals surface area contributed by atoms with Crippen LogP contribution in [0.5, 0.6) is 5.75 Å². The molecular weight excluding hydrogens is 407 g/mol. The van der Waals surface area contributed by atoms with E-state index < -0.39 is 0 Å². The van der Waals surface area contributed by atoms with Crippen molar-refractivity contribution in [2.24, 2.45) is 5.92 Å². The van der Waals surface area contributed by atoms with Crippen LogP contribution in [0.3, 0.4) is 0 Å². The molecule has 0 atom stereocenters. The zero-order valence-electron chi connectivity index (χ0n) is 19.0. The van der Waals surface area contributed by atoms with Crippen molar-refractivity contribution in [1.29, 1.82) is 0 Å². The predicted octanol–water partition coefficient (Wildman–Crippen LogP) is 3.73. The molecule has 6 nitrogen and oxygen atoms in total. The van der Waals surface area contributed by atoms with Crippen LogP contribution in [0.15, 0.2) is 36.4 Å². The molecule has 0 aromatic heterocycles. The molecule has 0 radical (unpaired) electrons. The van der Waals surface area contributed by atoms with E-state index >= 15 is 0 Å². The number of ether oxygens (including phenoxy) is 1. The molecule has 0 spiro atoms. The molecule has 1 aliphatic carbocycles. The molecule has 1 aliphatic heterocycles. The number of piperazine rings is 1. The van der Waals surface area contributed by atoms with Gasteiger partial charge in [-0.05, 0) is 61.2 Å². The highest BCUT2D eigenvalue weighted by molar-refractivity contribution is 6.01. The fraction of sp³-hybridized carbons (Fsp3) is 0.480. The van der Waals surface area contributed by atoms with E-state index in [9.17, 15) is 9.18 Å². The first-order valence-electron chi connectivity index (χ1n) is 11.5. The Morgan fingerprint density at radius 3 is 2.56 bits per heavy atom. The smallest absolute Gasteiger partial charge is 0.253 e. The largest absolute Gasteiger partial charge is 0.494 e. The van der Waals surface area contributed by atoms with E-state index in [1.165, 1.54) is 26.0 Å². The summed E-state index contributed by atoms with van der Waals surface area (Å²) in [7, 11) is 1.45. The SMILES string of the molecule is CCN1CCN(c2ccc(NCc3ccc(OC)c(F)c3)cc2C(=O)NCC2CC2)CC1. The fourth-order valence-corrected chi connectivity index (χ4v) is 4.09. The van der Waals surface area contributed by atoms with Crippen LogP contribution in [0.4, 0.5) is 15.8 Å². The molecule has 1 amide bonds. The van der Waals surface area contributed by atoms with E-state index in [2.05, 4.69) is 27.4 Å². The summed E-state index contributed by atoms with van der Waals surface area (Å²) in [6, 6.07) is 10.9. The van der Waals surface area contributed by atoms with Crippen molar-refractivity contribution in [3.05, 3.63) is 53.3 Å². The number of hydrogen-bond acceptors (Lipinski definition) is 5. The summed E-state index contributed by atoms with van der Waals surface area (Å²) in [5.74, 6) is 0.454. The minimum atomic E-state index is -0.381. The van der Waals surface area contributed by atoms with Crippen molar-refractivity contribution >= 4 is 17.3 Å². The predicted molar refractivity (Wildman–Crippen MR) is 126 cm³/mol. The van der Waals surface area contributed by atoms with Crippen molar-refractivity contribution in [3.8, 4) is 5.75 Å². The van der Waals surface area contributed by atoms with Crippen LogP contribution >= 0.6 is 0 Å². The second kappa shape index (κ2) is 10.2. The third-order valence-electron chi connectivity index (χ3n) is 6.36. The van der Waals surface area contributed by atoms with Gasteiger partial charge in [0.05, 0.1) is 12.7 Å². The van der Waals surface area contributed by atoms with Gasteiger partial charge in [-0.25, -0.2) is 4.39 Å². The number of methoxy groups -OCH3 is 1. The van der Waals surface area contributed by atoms with Crippen LogP contribution in [0.2, 0.25) is 0 Å². The molecule has 32 heavy (non-hydrogen) atoms. The number of benzene rings is 2. The van der Waals surface area contributed by atoms with Crippen molar-refractivity contribution in [3.63, 3.8) is 0 Å². The quantitative estimate of drug-likeness (QED) is 0.622. The molecule has 2 aliphatic rings. The molecule has 172 valence electrons. The molecular formula is C25H33FN4O2. The zero-order valence-corrected chi connectivity index (χ0v) is 19.0. The first kappa shape index (κ1) is 22.4. The summed E-state index contributed by atoms with van der Waals surface area (Å²) >= 11 is 0. The van der Waals surface area contributed by atoms with Crippen LogP contribution in [-0.2, 0) is 6.54 Å². The summed E-state index contributed by atoms with van der Waals surface area (Å²) in [4.78, 5) is 17.8. The van der Waals surface area contributed by atoms with Gasteiger partial charge in [0.1, 0.15) is 0 Å². The molecule has 0 bridgehead atoms. The first-order valence-corrected chi connectivity index (χ1v) is 11.5. The number of likely N-dealkylation sites (N-methyl/N-ethyl adjacent to an activating group) is 1. The Morgan fingerprint density at radius 2 is 1.91 bits per heavy atom. The fourth-order valence-electron chi connectivity index (χ4n) is 4.09. The number of carbonyl (C=O) groups excluding carboxylic acids is 1. The van der Waals surface area contributed by atoms with E-state index in [1.807, 2.05) is 24.3 Å². The van der Waals surface area contributed by atoms with Gasteiger partial charge in [0.15, 0.2) is 11.6 Å². The molecule has 2 aromatic rings. The molecule has 1 saturated carbocycles. The summed E-state index contributed by atoms with van der Waals surface area (Å²) < 4.78 is 19.0. The highest BCUT2D eigenvalue weighted by atomic mass is 19.1. The summed E-state index contributed by atoms with van der Waals surface area (Å²) in [6.45, 7) is 8.26. The van der Waals surface area contributed by atoms with Gasteiger partial charge in [-0.3, -0.25) is 4.79 Å². The topological polar surface area (TPSA) is 56.8 Å². The number of anilines is 2. The Hall–Kier alpha value is -2.80. The maximum atomic E-state index is 14.0. The number of halogens is 1. The van der Waals surface area contributed by atoms with Crippen LogP contribution < -0.4 is 20.3 Å². The van der Waals surface area contributed by atoms with Crippen LogP contribution in [-0.4, -0.2) is 57.2 Å². The van der Waals surface area contributed by atoms with Crippen LogP contribution in [0, 0.1) is 11.7 Å². The normalized spacial score (nSPS) is 16.7. The minimum Gasteiger partial charge on any atom is -0.494 e. The van der Waals surface area contributed by atoms with Gasteiger partial charge >= 0.3 is 0 Å². The second-order valence-corrected chi connectivity index (χ2v) is 8.63. The van der Waals surface area contributed by atoms with Gasteiger partial charge in [-0.15, -0.1) is 0 Å². The molecule has 0 unspecified atom stereocenters. The van der Waals surface area contributed by atoms with Gasteiger partial charge < -0.3 is 25.2 Å². The number of rotatable bonds is 9. The minimum absolute atomic E-state index is 0.0241. The van der Waals surface area contributed by atoms with Crippen molar-refractivity contribution in [1.82, 2.24) is 10.2 Å². The molecule has 4 rings (SSSR count). The third-order valence-corrected chi connectivity index (χ3v) is 6.36. The van der Waals surface area contributed by atoms with Gasteiger partial charge in [0.2, 0.25) is 0 Å². The molecule has 7 heteroatoms. The van der Waals surface area contributed by atoms with Gasteiger partial charge in [0, 0.05) is 50.6 Å². The zero-order chi connectivity index (χ0) is 22.5. The van der Waals surface area contributed by atoms with Crippen LogP contribution in [0.1, 0.15) is 35.7 Å². The van der Waals surface area contributed by atoms with Gasteiger partial charge in [0.25, 0.3) is 5.91 Å². The first-order chi connectivity index (χ1) is 15.6.